The topological polar surface area (TPSA) is 28.2 Å². The Labute approximate surface area is 107 Å². The lowest BCUT2D eigenvalue weighted by Gasteiger charge is -2.24. The molecule has 3 nitrogen and oxygen atoms in total. The Morgan fingerprint density at radius 2 is 1.94 bits per heavy atom. The molecule has 2 aromatic rings. The highest BCUT2D eigenvalue weighted by Gasteiger charge is 2.14. The first kappa shape index (κ1) is 11.2. The van der Waals surface area contributed by atoms with E-state index in [2.05, 4.69) is 51.6 Å². The van der Waals surface area contributed by atoms with Crippen LogP contribution in [-0.4, -0.2) is 18.1 Å². The maximum absolute atomic E-state index is 4.07. The molecule has 1 aromatic carbocycles. The van der Waals surface area contributed by atoms with Crippen LogP contribution in [0.3, 0.4) is 0 Å². The van der Waals surface area contributed by atoms with Crippen LogP contribution in [0.15, 0.2) is 48.8 Å². The largest absolute Gasteiger partial charge is 0.366 e. The summed E-state index contributed by atoms with van der Waals surface area (Å²) in [5.41, 5.74) is 4.03. The Bertz CT molecular complexity index is 510. The van der Waals surface area contributed by atoms with Crippen LogP contribution in [0.2, 0.25) is 0 Å². The van der Waals surface area contributed by atoms with Crippen LogP contribution in [0.4, 0.5) is 5.69 Å². The minimum Gasteiger partial charge on any atom is -0.366 e. The molecular formula is C15H17N3. The first-order valence-corrected chi connectivity index (χ1v) is 6.36. The van der Waals surface area contributed by atoms with Crippen LogP contribution in [0.5, 0.6) is 0 Å². The van der Waals surface area contributed by atoms with Gasteiger partial charge in [0.15, 0.2) is 0 Å². The van der Waals surface area contributed by atoms with Gasteiger partial charge in [0.25, 0.3) is 0 Å². The van der Waals surface area contributed by atoms with Crippen LogP contribution in [-0.2, 0) is 13.1 Å². The first-order chi connectivity index (χ1) is 8.93. The van der Waals surface area contributed by atoms with E-state index in [0.717, 1.165) is 26.2 Å². The van der Waals surface area contributed by atoms with Gasteiger partial charge in [0.1, 0.15) is 0 Å². The lowest BCUT2D eigenvalue weighted by molar-refractivity contribution is 0.688. The third-order valence-electron chi connectivity index (χ3n) is 3.33. The van der Waals surface area contributed by atoms with Crippen molar-refractivity contribution in [3.05, 3.63) is 59.9 Å². The van der Waals surface area contributed by atoms with Crippen LogP contribution in [0.25, 0.3) is 0 Å². The zero-order valence-electron chi connectivity index (χ0n) is 10.3. The molecule has 0 bridgehead atoms. The molecule has 0 spiro atoms. The third-order valence-corrected chi connectivity index (χ3v) is 3.33. The van der Waals surface area contributed by atoms with Crippen LogP contribution in [0.1, 0.15) is 11.1 Å². The lowest BCUT2D eigenvalue weighted by atomic mass is 10.1. The number of aromatic nitrogens is 1. The molecule has 2 heterocycles. The third kappa shape index (κ3) is 2.36. The molecule has 1 aromatic heterocycles. The van der Waals surface area contributed by atoms with Crippen molar-refractivity contribution in [3.8, 4) is 0 Å². The first-order valence-electron chi connectivity index (χ1n) is 6.36. The highest BCUT2D eigenvalue weighted by molar-refractivity contribution is 5.54. The van der Waals surface area contributed by atoms with Crippen molar-refractivity contribution in [1.29, 1.82) is 0 Å². The number of hydrogen-bond acceptors (Lipinski definition) is 3. The Hall–Kier alpha value is -1.87. The molecule has 0 unspecified atom stereocenters. The van der Waals surface area contributed by atoms with Gasteiger partial charge in [0.05, 0.1) is 0 Å². The highest BCUT2D eigenvalue weighted by atomic mass is 15.2. The van der Waals surface area contributed by atoms with E-state index in [0.29, 0.717) is 0 Å². The van der Waals surface area contributed by atoms with Crippen LogP contribution >= 0.6 is 0 Å². The summed E-state index contributed by atoms with van der Waals surface area (Å²) < 4.78 is 0. The van der Waals surface area contributed by atoms with Gasteiger partial charge in [-0.05, 0) is 29.3 Å². The fraction of sp³-hybridized carbons (Fsp3) is 0.267. The van der Waals surface area contributed by atoms with Crippen molar-refractivity contribution in [1.82, 2.24) is 10.3 Å². The van der Waals surface area contributed by atoms with Crippen molar-refractivity contribution in [3.63, 3.8) is 0 Å². The van der Waals surface area contributed by atoms with Gasteiger partial charge >= 0.3 is 0 Å². The molecular weight excluding hydrogens is 222 g/mol. The molecule has 1 aliphatic rings. The summed E-state index contributed by atoms with van der Waals surface area (Å²) in [6.07, 6.45) is 3.72. The Balaban J connectivity index is 1.88. The van der Waals surface area contributed by atoms with E-state index in [9.17, 15) is 0 Å². The Morgan fingerprint density at radius 1 is 1.11 bits per heavy atom. The van der Waals surface area contributed by atoms with Gasteiger partial charge in [-0.1, -0.05) is 18.2 Å². The van der Waals surface area contributed by atoms with Gasteiger partial charge in [0.2, 0.25) is 0 Å². The summed E-state index contributed by atoms with van der Waals surface area (Å²) in [5, 5.41) is 3.47. The van der Waals surface area contributed by atoms with Crippen molar-refractivity contribution < 1.29 is 0 Å². The SMILES string of the molecule is c1ccc2c(c1)CNCCN2Cc1ccncc1. The number of rotatable bonds is 2. The summed E-state index contributed by atoms with van der Waals surface area (Å²) in [6.45, 7) is 3.98. The monoisotopic (exact) mass is 239 g/mol. The molecule has 0 atom stereocenters. The van der Waals surface area contributed by atoms with E-state index in [4.69, 9.17) is 0 Å². The second-order valence-corrected chi connectivity index (χ2v) is 4.58. The molecule has 0 amide bonds. The molecule has 92 valence electrons. The standard InChI is InChI=1S/C15H17N3/c1-2-4-15-14(3-1)11-17-9-10-18(15)12-13-5-7-16-8-6-13/h1-8,17H,9-12H2. The number of fused-ring (bicyclic) bond motifs is 1. The zero-order valence-corrected chi connectivity index (χ0v) is 10.3. The number of hydrogen-bond donors (Lipinski definition) is 1. The van der Waals surface area contributed by atoms with Crippen LogP contribution in [0, 0.1) is 0 Å². The van der Waals surface area contributed by atoms with Gasteiger partial charge in [-0.2, -0.15) is 0 Å². The number of para-hydroxylation sites is 1. The van der Waals surface area contributed by atoms with Crippen molar-refractivity contribution in [2.75, 3.05) is 18.0 Å². The molecule has 3 heteroatoms. The molecule has 0 fully saturated rings. The summed E-state index contributed by atoms with van der Waals surface area (Å²) in [7, 11) is 0. The number of anilines is 1. The van der Waals surface area contributed by atoms with Crippen molar-refractivity contribution in [2.24, 2.45) is 0 Å². The average Bonchev–Trinajstić information content (AvgIpc) is 2.63. The van der Waals surface area contributed by atoms with Gasteiger partial charge in [0, 0.05) is 44.3 Å². The summed E-state index contributed by atoms with van der Waals surface area (Å²) in [5.74, 6) is 0. The smallest absolute Gasteiger partial charge is 0.0431 e. The van der Waals surface area contributed by atoms with E-state index in [1.165, 1.54) is 16.8 Å². The van der Waals surface area contributed by atoms with E-state index in [1.807, 2.05) is 12.4 Å². The van der Waals surface area contributed by atoms with E-state index in [1.54, 1.807) is 0 Å². The normalized spacial score (nSPS) is 15.0. The van der Waals surface area contributed by atoms with E-state index < -0.39 is 0 Å². The molecule has 18 heavy (non-hydrogen) atoms. The lowest BCUT2D eigenvalue weighted by Crippen LogP contribution is -2.28. The predicted octanol–water partition coefficient (Wildman–Crippen LogP) is 2.19. The quantitative estimate of drug-likeness (QED) is 0.870. The average molecular weight is 239 g/mol. The number of nitrogens with zero attached hydrogens (tertiary/aromatic N) is 2. The maximum atomic E-state index is 4.07. The fourth-order valence-corrected chi connectivity index (χ4v) is 2.40. The van der Waals surface area contributed by atoms with Gasteiger partial charge < -0.3 is 10.2 Å². The second-order valence-electron chi connectivity index (χ2n) is 4.58. The molecule has 0 saturated heterocycles. The number of pyridine rings is 1. The Kier molecular flexibility index (Phi) is 3.24. The summed E-state index contributed by atoms with van der Waals surface area (Å²) >= 11 is 0. The zero-order chi connectivity index (χ0) is 12.2. The van der Waals surface area contributed by atoms with Gasteiger partial charge in [-0.3, -0.25) is 4.98 Å². The second kappa shape index (κ2) is 5.19. The van der Waals surface area contributed by atoms with Gasteiger partial charge in [-0.15, -0.1) is 0 Å². The molecule has 1 N–H and O–H groups in total. The molecule has 1 aliphatic heterocycles. The molecule has 0 radical (unpaired) electrons. The summed E-state index contributed by atoms with van der Waals surface area (Å²) in [4.78, 5) is 6.51. The van der Waals surface area contributed by atoms with E-state index >= 15 is 0 Å². The highest BCUT2D eigenvalue weighted by Crippen LogP contribution is 2.23. The van der Waals surface area contributed by atoms with Crippen molar-refractivity contribution >= 4 is 5.69 Å². The van der Waals surface area contributed by atoms with Crippen molar-refractivity contribution in [2.45, 2.75) is 13.1 Å². The minimum atomic E-state index is 0.946. The molecule has 3 rings (SSSR count). The molecule has 0 aliphatic carbocycles. The van der Waals surface area contributed by atoms with Crippen LogP contribution < -0.4 is 10.2 Å². The fourth-order valence-electron chi connectivity index (χ4n) is 2.40. The summed E-state index contributed by atoms with van der Waals surface area (Å²) in [6, 6.07) is 12.8. The number of nitrogens with one attached hydrogen (secondary N) is 1. The molecule has 0 saturated carbocycles. The minimum absolute atomic E-state index is 0.946. The van der Waals surface area contributed by atoms with Gasteiger partial charge in [-0.25, -0.2) is 0 Å². The van der Waals surface area contributed by atoms with E-state index in [-0.39, 0.29) is 0 Å². The predicted molar refractivity (Wildman–Crippen MR) is 73.4 cm³/mol. The maximum Gasteiger partial charge on any atom is 0.0431 e. The Morgan fingerprint density at radius 3 is 2.83 bits per heavy atom. The number of benzene rings is 1.